The van der Waals surface area contributed by atoms with Crippen LogP contribution in [0.1, 0.15) is 25.8 Å². The standard InChI is InChI=1S/C14H21N3O2/c1-10-5-6-16(8-11(10)2)9-12-7-13(17(18)19)3-4-14(12)15/h3-4,7,10-11H,5-6,8-9,15H2,1-2H3. The zero-order chi connectivity index (χ0) is 14.0. The number of rotatable bonds is 3. The Morgan fingerprint density at radius 1 is 1.42 bits per heavy atom. The maximum atomic E-state index is 10.8. The fourth-order valence-corrected chi connectivity index (χ4v) is 2.58. The maximum absolute atomic E-state index is 10.8. The third kappa shape index (κ3) is 3.23. The average Bonchev–Trinajstić information content (AvgIpc) is 2.36. The van der Waals surface area contributed by atoms with E-state index in [1.165, 1.54) is 12.5 Å². The number of nitrogens with zero attached hydrogens (tertiary/aromatic N) is 2. The highest BCUT2D eigenvalue weighted by Gasteiger charge is 2.23. The molecular formula is C14H21N3O2. The minimum Gasteiger partial charge on any atom is -0.398 e. The molecule has 2 atom stereocenters. The number of piperidine rings is 1. The van der Waals surface area contributed by atoms with Crippen molar-refractivity contribution in [1.29, 1.82) is 0 Å². The fraction of sp³-hybridized carbons (Fsp3) is 0.571. The van der Waals surface area contributed by atoms with Gasteiger partial charge in [-0.1, -0.05) is 13.8 Å². The van der Waals surface area contributed by atoms with Gasteiger partial charge in [0.05, 0.1) is 4.92 Å². The molecule has 1 fully saturated rings. The highest BCUT2D eigenvalue weighted by Crippen LogP contribution is 2.26. The van der Waals surface area contributed by atoms with Crippen LogP contribution in [-0.4, -0.2) is 22.9 Å². The van der Waals surface area contributed by atoms with E-state index in [9.17, 15) is 10.1 Å². The third-order valence-corrected chi connectivity index (χ3v) is 4.15. The van der Waals surface area contributed by atoms with Gasteiger partial charge in [-0.3, -0.25) is 15.0 Å². The first-order valence-corrected chi connectivity index (χ1v) is 6.72. The number of likely N-dealkylation sites (tertiary alicyclic amines) is 1. The first-order valence-electron chi connectivity index (χ1n) is 6.72. The predicted molar refractivity (Wildman–Crippen MR) is 75.7 cm³/mol. The Morgan fingerprint density at radius 3 is 2.79 bits per heavy atom. The lowest BCUT2D eigenvalue weighted by molar-refractivity contribution is -0.384. The van der Waals surface area contributed by atoms with Crippen molar-refractivity contribution in [3.8, 4) is 0 Å². The number of benzene rings is 1. The molecule has 5 heteroatoms. The minimum absolute atomic E-state index is 0.114. The number of nitro benzene ring substituents is 1. The van der Waals surface area contributed by atoms with Gasteiger partial charge in [0.15, 0.2) is 0 Å². The third-order valence-electron chi connectivity index (χ3n) is 4.15. The Bertz CT molecular complexity index is 476. The summed E-state index contributed by atoms with van der Waals surface area (Å²) in [6.07, 6.45) is 1.18. The highest BCUT2D eigenvalue weighted by molar-refractivity contribution is 5.52. The van der Waals surface area contributed by atoms with Crippen LogP contribution in [0.25, 0.3) is 0 Å². The number of nitro groups is 1. The molecule has 0 radical (unpaired) electrons. The minimum atomic E-state index is -0.371. The van der Waals surface area contributed by atoms with Gasteiger partial charge < -0.3 is 5.73 Å². The summed E-state index contributed by atoms with van der Waals surface area (Å²) < 4.78 is 0. The highest BCUT2D eigenvalue weighted by atomic mass is 16.6. The molecule has 5 nitrogen and oxygen atoms in total. The van der Waals surface area contributed by atoms with Crippen LogP contribution in [0.4, 0.5) is 11.4 Å². The molecule has 0 aliphatic carbocycles. The van der Waals surface area contributed by atoms with Crippen LogP contribution in [0, 0.1) is 22.0 Å². The van der Waals surface area contributed by atoms with E-state index in [0.29, 0.717) is 18.2 Å². The van der Waals surface area contributed by atoms with E-state index in [1.807, 2.05) is 0 Å². The van der Waals surface area contributed by atoms with E-state index >= 15 is 0 Å². The lowest BCUT2D eigenvalue weighted by Crippen LogP contribution is -2.37. The van der Waals surface area contributed by atoms with Gasteiger partial charge in [-0.25, -0.2) is 0 Å². The summed E-state index contributed by atoms with van der Waals surface area (Å²) in [7, 11) is 0. The van der Waals surface area contributed by atoms with Gasteiger partial charge in [-0.2, -0.15) is 0 Å². The molecule has 1 heterocycles. The number of non-ortho nitro benzene ring substituents is 1. The van der Waals surface area contributed by atoms with Crippen LogP contribution in [-0.2, 0) is 6.54 Å². The van der Waals surface area contributed by atoms with Crippen LogP contribution in [0.3, 0.4) is 0 Å². The van der Waals surface area contributed by atoms with Gasteiger partial charge in [0.1, 0.15) is 0 Å². The van der Waals surface area contributed by atoms with Crippen molar-refractivity contribution in [2.75, 3.05) is 18.8 Å². The number of hydrogen-bond donors (Lipinski definition) is 1. The maximum Gasteiger partial charge on any atom is 0.269 e. The summed E-state index contributed by atoms with van der Waals surface area (Å²) in [4.78, 5) is 12.8. The quantitative estimate of drug-likeness (QED) is 0.517. The molecule has 1 aromatic rings. The van der Waals surface area contributed by atoms with Crippen molar-refractivity contribution in [3.05, 3.63) is 33.9 Å². The zero-order valence-electron chi connectivity index (χ0n) is 11.5. The van der Waals surface area contributed by atoms with E-state index in [0.717, 1.165) is 24.6 Å². The molecule has 1 aliphatic rings. The molecule has 0 saturated carbocycles. The summed E-state index contributed by atoms with van der Waals surface area (Å²) >= 11 is 0. The topological polar surface area (TPSA) is 72.4 Å². The average molecular weight is 263 g/mol. The van der Waals surface area contributed by atoms with Gasteiger partial charge in [0, 0.05) is 30.9 Å². The van der Waals surface area contributed by atoms with Gasteiger partial charge in [-0.15, -0.1) is 0 Å². The molecule has 1 aliphatic heterocycles. The van der Waals surface area contributed by atoms with Gasteiger partial charge in [0.25, 0.3) is 5.69 Å². The van der Waals surface area contributed by atoms with Crippen molar-refractivity contribution in [2.45, 2.75) is 26.8 Å². The van der Waals surface area contributed by atoms with Crippen molar-refractivity contribution in [2.24, 2.45) is 11.8 Å². The normalized spacial score (nSPS) is 24.3. The van der Waals surface area contributed by atoms with Crippen LogP contribution in [0.15, 0.2) is 18.2 Å². The molecule has 2 unspecified atom stereocenters. The zero-order valence-corrected chi connectivity index (χ0v) is 11.5. The second-order valence-corrected chi connectivity index (χ2v) is 5.62. The second-order valence-electron chi connectivity index (χ2n) is 5.62. The predicted octanol–water partition coefficient (Wildman–Crippen LogP) is 2.65. The monoisotopic (exact) mass is 263 g/mol. The molecule has 104 valence electrons. The molecule has 0 bridgehead atoms. The number of nitrogen functional groups attached to an aromatic ring is 1. The summed E-state index contributed by atoms with van der Waals surface area (Å²) in [6.45, 7) is 7.30. The first kappa shape index (κ1) is 13.8. The summed E-state index contributed by atoms with van der Waals surface area (Å²) in [5.74, 6) is 1.41. The van der Waals surface area contributed by atoms with Gasteiger partial charge in [-0.05, 0) is 36.4 Å². The molecule has 0 spiro atoms. The Morgan fingerprint density at radius 2 is 2.16 bits per heavy atom. The number of nitrogens with two attached hydrogens (primary N) is 1. The number of anilines is 1. The van der Waals surface area contributed by atoms with Crippen molar-refractivity contribution in [3.63, 3.8) is 0 Å². The second kappa shape index (κ2) is 5.57. The SMILES string of the molecule is CC1CCN(Cc2cc([N+](=O)[O-])ccc2N)CC1C. The van der Waals surface area contributed by atoms with E-state index in [-0.39, 0.29) is 10.6 Å². The van der Waals surface area contributed by atoms with E-state index in [1.54, 1.807) is 12.1 Å². The molecule has 1 aromatic carbocycles. The van der Waals surface area contributed by atoms with Crippen LogP contribution >= 0.6 is 0 Å². The van der Waals surface area contributed by atoms with Gasteiger partial charge in [0.2, 0.25) is 0 Å². The van der Waals surface area contributed by atoms with Gasteiger partial charge >= 0.3 is 0 Å². The Kier molecular flexibility index (Phi) is 4.04. The lowest BCUT2D eigenvalue weighted by Gasteiger charge is -2.35. The Balaban J connectivity index is 2.10. The molecule has 19 heavy (non-hydrogen) atoms. The summed E-state index contributed by atoms with van der Waals surface area (Å²) in [5.41, 5.74) is 7.53. The molecular weight excluding hydrogens is 242 g/mol. The summed E-state index contributed by atoms with van der Waals surface area (Å²) in [5, 5.41) is 10.8. The summed E-state index contributed by atoms with van der Waals surface area (Å²) in [6, 6.07) is 4.68. The molecule has 1 saturated heterocycles. The van der Waals surface area contributed by atoms with Crippen molar-refractivity contribution < 1.29 is 4.92 Å². The van der Waals surface area contributed by atoms with Crippen LogP contribution < -0.4 is 5.73 Å². The Hall–Kier alpha value is -1.62. The van der Waals surface area contributed by atoms with E-state index in [4.69, 9.17) is 5.73 Å². The van der Waals surface area contributed by atoms with Crippen molar-refractivity contribution >= 4 is 11.4 Å². The molecule has 2 rings (SSSR count). The fourth-order valence-electron chi connectivity index (χ4n) is 2.58. The largest absolute Gasteiger partial charge is 0.398 e. The molecule has 0 amide bonds. The first-order chi connectivity index (χ1) is 8.97. The number of hydrogen-bond acceptors (Lipinski definition) is 4. The smallest absolute Gasteiger partial charge is 0.269 e. The lowest BCUT2D eigenvalue weighted by atomic mass is 9.88. The van der Waals surface area contributed by atoms with Crippen molar-refractivity contribution in [1.82, 2.24) is 4.90 Å². The Labute approximate surface area is 113 Å². The van der Waals surface area contributed by atoms with E-state index in [2.05, 4.69) is 18.7 Å². The van der Waals surface area contributed by atoms with Crippen LogP contribution in [0.2, 0.25) is 0 Å². The van der Waals surface area contributed by atoms with E-state index < -0.39 is 0 Å². The molecule has 2 N–H and O–H groups in total. The molecule has 0 aromatic heterocycles. The van der Waals surface area contributed by atoms with Crippen LogP contribution in [0.5, 0.6) is 0 Å².